The smallest absolute Gasteiger partial charge is 0.254 e. The molecular formula is C24H28ClN3O5. The lowest BCUT2D eigenvalue weighted by Gasteiger charge is -2.35. The van der Waals surface area contributed by atoms with E-state index in [1.165, 1.54) is 14.0 Å². The van der Waals surface area contributed by atoms with E-state index in [1.54, 1.807) is 59.4 Å². The van der Waals surface area contributed by atoms with Gasteiger partial charge in [0.05, 0.1) is 26.7 Å². The zero-order valence-corrected chi connectivity index (χ0v) is 19.7. The van der Waals surface area contributed by atoms with Crippen molar-refractivity contribution in [2.45, 2.75) is 19.4 Å². The van der Waals surface area contributed by atoms with E-state index in [1.807, 2.05) is 0 Å². The second kappa shape index (κ2) is 11.0. The van der Waals surface area contributed by atoms with Gasteiger partial charge in [-0.25, -0.2) is 0 Å². The molecule has 9 heteroatoms. The topological polar surface area (TPSA) is 88.2 Å². The first-order valence-corrected chi connectivity index (χ1v) is 11.0. The van der Waals surface area contributed by atoms with Crippen molar-refractivity contribution in [3.63, 3.8) is 0 Å². The zero-order chi connectivity index (χ0) is 24.0. The van der Waals surface area contributed by atoms with E-state index in [9.17, 15) is 14.4 Å². The molecule has 1 unspecified atom stereocenters. The molecule has 33 heavy (non-hydrogen) atoms. The number of carbonyl (C=O) groups is 3. The molecule has 0 spiro atoms. The van der Waals surface area contributed by atoms with Crippen LogP contribution < -0.4 is 14.8 Å². The summed E-state index contributed by atoms with van der Waals surface area (Å²) >= 11 is 5.96. The number of hydrogen-bond donors (Lipinski definition) is 1. The standard InChI is InChI=1S/C24H28ClN3O5/c1-16(29)26-20(17-4-7-19(25)8-5-17)15-23(30)27-10-12-28(13-11-27)24(31)18-6-9-21(32-2)22(14-18)33-3/h4-9,14,20H,10-13,15H2,1-3H3,(H,26,29). The van der Waals surface area contributed by atoms with Crippen molar-refractivity contribution in [1.82, 2.24) is 15.1 Å². The monoisotopic (exact) mass is 473 g/mol. The fourth-order valence-corrected chi connectivity index (χ4v) is 3.93. The number of halogens is 1. The summed E-state index contributed by atoms with van der Waals surface area (Å²) in [7, 11) is 3.06. The van der Waals surface area contributed by atoms with Gasteiger partial charge < -0.3 is 24.6 Å². The largest absolute Gasteiger partial charge is 0.493 e. The summed E-state index contributed by atoms with van der Waals surface area (Å²) in [6.45, 7) is 3.11. The van der Waals surface area contributed by atoms with Gasteiger partial charge in [0.2, 0.25) is 11.8 Å². The summed E-state index contributed by atoms with van der Waals surface area (Å²) in [4.78, 5) is 41.0. The average molecular weight is 474 g/mol. The van der Waals surface area contributed by atoms with Crippen LogP contribution in [0.3, 0.4) is 0 Å². The normalized spacial score (nSPS) is 14.4. The van der Waals surface area contributed by atoms with Crippen LogP contribution in [0.15, 0.2) is 42.5 Å². The number of nitrogens with one attached hydrogen (secondary N) is 1. The summed E-state index contributed by atoms with van der Waals surface area (Å²) < 4.78 is 10.5. The molecule has 2 aromatic carbocycles. The predicted octanol–water partition coefficient (Wildman–Crippen LogP) is 2.91. The van der Waals surface area contributed by atoms with E-state index < -0.39 is 6.04 Å². The number of piperazine rings is 1. The molecule has 0 radical (unpaired) electrons. The van der Waals surface area contributed by atoms with Gasteiger partial charge in [-0.2, -0.15) is 0 Å². The molecule has 1 fully saturated rings. The second-order valence-corrected chi connectivity index (χ2v) is 8.19. The fraction of sp³-hybridized carbons (Fsp3) is 0.375. The zero-order valence-electron chi connectivity index (χ0n) is 19.0. The molecule has 3 amide bonds. The minimum absolute atomic E-state index is 0.0816. The minimum Gasteiger partial charge on any atom is -0.493 e. The predicted molar refractivity (Wildman–Crippen MR) is 125 cm³/mol. The molecule has 176 valence electrons. The molecule has 1 atom stereocenters. The Balaban J connectivity index is 1.61. The van der Waals surface area contributed by atoms with E-state index in [4.69, 9.17) is 21.1 Å². The Morgan fingerprint density at radius 1 is 0.939 bits per heavy atom. The molecule has 0 aliphatic carbocycles. The van der Waals surface area contributed by atoms with Gasteiger partial charge >= 0.3 is 0 Å². The van der Waals surface area contributed by atoms with Crippen LogP contribution in [0.1, 0.15) is 35.3 Å². The van der Waals surface area contributed by atoms with E-state index in [2.05, 4.69) is 5.32 Å². The Hall–Kier alpha value is -3.26. The molecule has 1 aliphatic rings. The number of rotatable bonds is 7. The fourth-order valence-electron chi connectivity index (χ4n) is 3.81. The van der Waals surface area contributed by atoms with Gasteiger partial charge in [0.25, 0.3) is 5.91 Å². The highest BCUT2D eigenvalue weighted by Crippen LogP contribution is 2.28. The van der Waals surface area contributed by atoms with Crippen molar-refractivity contribution in [2.75, 3.05) is 40.4 Å². The molecule has 1 N–H and O–H groups in total. The van der Waals surface area contributed by atoms with Crippen LogP contribution in [-0.4, -0.2) is 67.9 Å². The molecule has 0 aromatic heterocycles. The molecule has 8 nitrogen and oxygen atoms in total. The van der Waals surface area contributed by atoms with Crippen molar-refractivity contribution in [3.05, 3.63) is 58.6 Å². The average Bonchev–Trinajstić information content (AvgIpc) is 2.83. The SMILES string of the molecule is COc1ccc(C(=O)N2CCN(C(=O)CC(NC(C)=O)c3ccc(Cl)cc3)CC2)cc1OC. The maximum Gasteiger partial charge on any atom is 0.254 e. The van der Waals surface area contributed by atoms with Gasteiger partial charge in [0, 0.05) is 43.7 Å². The van der Waals surface area contributed by atoms with Crippen LogP contribution in [0, 0.1) is 0 Å². The molecule has 1 heterocycles. The number of ether oxygens (including phenoxy) is 2. The maximum absolute atomic E-state index is 12.9. The summed E-state index contributed by atoms with van der Waals surface area (Å²) in [5.41, 5.74) is 1.31. The number of methoxy groups -OCH3 is 2. The first-order valence-electron chi connectivity index (χ1n) is 10.6. The summed E-state index contributed by atoms with van der Waals surface area (Å²) in [5.74, 6) is 0.623. The number of nitrogens with zero attached hydrogens (tertiary/aromatic N) is 2. The third-order valence-electron chi connectivity index (χ3n) is 5.58. The van der Waals surface area contributed by atoms with Crippen LogP contribution in [-0.2, 0) is 9.59 Å². The van der Waals surface area contributed by atoms with Crippen molar-refractivity contribution in [3.8, 4) is 11.5 Å². The Bertz CT molecular complexity index is 1000. The summed E-state index contributed by atoms with van der Waals surface area (Å²) in [6.07, 6.45) is 0.130. The van der Waals surface area contributed by atoms with Gasteiger partial charge in [-0.05, 0) is 35.9 Å². The Morgan fingerprint density at radius 3 is 2.12 bits per heavy atom. The van der Waals surface area contributed by atoms with Gasteiger partial charge in [0.1, 0.15) is 0 Å². The van der Waals surface area contributed by atoms with Gasteiger partial charge in [-0.3, -0.25) is 14.4 Å². The van der Waals surface area contributed by atoms with E-state index in [-0.39, 0.29) is 24.1 Å². The Kier molecular flexibility index (Phi) is 8.16. The van der Waals surface area contributed by atoms with Crippen LogP contribution in [0.5, 0.6) is 11.5 Å². The van der Waals surface area contributed by atoms with Gasteiger partial charge in [-0.1, -0.05) is 23.7 Å². The van der Waals surface area contributed by atoms with E-state index in [0.29, 0.717) is 48.3 Å². The van der Waals surface area contributed by atoms with E-state index >= 15 is 0 Å². The first-order chi connectivity index (χ1) is 15.8. The lowest BCUT2D eigenvalue weighted by molar-refractivity contribution is -0.133. The molecule has 1 saturated heterocycles. The lowest BCUT2D eigenvalue weighted by Crippen LogP contribution is -2.51. The van der Waals surface area contributed by atoms with Crippen LogP contribution >= 0.6 is 11.6 Å². The molecule has 2 aromatic rings. The number of hydrogen-bond acceptors (Lipinski definition) is 5. The number of carbonyl (C=O) groups excluding carboxylic acids is 3. The summed E-state index contributed by atoms with van der Waals surface area (Å²) in [6, 6.07) is 11.7. The Labute approximate surface area is 198 Å². The van der Waals surface area contributed by atoms with Crippen molar-refractivity contribution < 1.29 is 23.9 Å². The van der Waals surface area contributed by atoms with Crippen LogP contribution in [0.25, 0.3) is 0 Å². The van der Waals surface area contributed by atoms with Gasteiger partial charge in [-0.15, -0.1) is 0 Å². The first kappa shape index (κ1) is 24.4. The van der Waals surface area contributed by atoms with Crippen molar-refractivity contribution >= 4 is 29.3 Å². The molecular weight excluding hydrogens is 446 g/mol. The van der Waals surface area contributed by atoms with E-state index in [0.717, 1.165) is 5.56 Å². The molecule has 0 bridgehead atoms. The highest BCUT2D eigenvalue weighted by atomic mass is 35.5. The number of benzene rings is 2. The van der Waals surface area contributed by atoms with Crippen LogP contribution in [0.2, 0.25) is 5.02 Å². The van der Waals surface area contributed by atoms with Crippen molar-refractivity contribution in [2.24, 2.45) is 0 Å². The lowest BCUT2D eigenvalue weighted by atomic mass is 10.0. The van der Waals surface area contributed by atoms with Crippen molar-refractivity contribution in [1.29, 1.82) is 0 Å². The Morgan fingerprint density at radius 2 is 1.55 bits per heavy atom. The minimum atomic E-state index is -0.446. The van der Waals surface area contributed by atoms with Gasteiger partial charge in [0.15, 0.2) is 11.5 Å². The third-order valence-corrected chi connectivity index (χ3v) is 5.83. The summed E-state index contributed by atoms with van der Waals surface area (Å²) in [5, 5.41) is 3.42. The molecule has 1 aliphatic heterocycles. The molecule has 0 saturated carbocycles. The highest BCUT2D eigenvalue weighted by Gasteiger charge is 2.27. The quantitative estimate of drug-likeness (QED) is 0.668. The maximum atomic E-state index is 12.9. The third kappa shape index (κ3) is 6.16. The molecule has 3 rings (SSSR count). The number of amides is 3. The second-order valence-electron chi connectivity index (χ2n) is 7.75. The van der Waals surface area contributed by atoms with Crippen LogP contribution in [0.4, 0.5) is 0 Å². The highest BCUT2D eigenvalue weighted by molar-refractivity contribution is 6.30.